The Labute approximate surface area is 278 Å². The van der Waals surface area contributed by atoms with Crippen LogP contribution in [0.4, 0.5) is 16.2 Å². The number of piperidine rings is 1. The quantitative estimate of drug-likeness (QED) is 0.250. The smallest absolute Gasteiger partial charge is 0.309 e. The van der Waals surface area contributed by atoms with E-state index in [1.54, 1.807) is 0 Å². The molecule has 0 amide bonds. The number of rotatable bonds is 12. The highest BCUT2D eigenvalue weighted by molar-refractivity contribution is 5.79. The number of benzene rings is 1. The highest BCUT2D eigenvalue weighted by Gasteiger charge is 2.74. The van der Waals surface area contributed by atoms with E-state index in [1.807, 2.05) is 17.9 Å². The van der Waals surface area contributed by atoms with E-state index in [2.05, 4.69) is 77.6 Å². The minimum absolute atomic E-state index is 0.0140. The first-order valence-electron chi connectivity index (χ1n) is 17.5. The molecular weight excluding hydrogens is 593 g/mol. The van der Waals surface area contributed by atoms with E-state index in [9.17, 15) is 14.3 Å². The van der Waals surface area contributed by atoms with Crippen molar-refractivity contribution in [3.63, 3.8) is 0 Å². The van der Waals surface area contributed by atoms with Crippen LogP contribution in [0.2, 0.25) is 0 Å². The predicted molar refractivity (Wildman–Crippen MR) is 181 cm³/mol. The maximum atomic E-state index is 13.7. The van der Waals surface area contributed by atoms with Gasteiger partial charge in [0.15, 0.2) is 0 Å². The molecule has 4 atom stereocenters. The molecule has 3 aromatic rings. The fourth-order valence-electron chi connectivity index (χ4n) is 9.57. The summed E-state index contributed by atoms with van der Waals surface area (Å²) in [6.07, 6.45) is 11.7. The fourth-order valence-corrected chi connectivity index (χ4v) is 9.57. The van der Waals surface area contributed by atoms with Crippen LogP contribution in [0.25, 0.3) is 0 Å². The Bertz CT molecular complexity index is 1590. The summed E-state index contributed by atoms with van der Waals surface area (Å²) in [6, 6.07) is 10.9. The SMILES string of the molecule is CC[C@@H](N(C)c1nc2c(c(N[C@@H](CN3CCC[C@H](CF)C3)c3cnn(C)c3)n1)C[C@](C)(c1ccccc1)CC2)C12CC(C(=O)O)(C1)C2. The largest absolute Gasteiger partial charge is 0.481 e. The standard InChI is InChI=1S/C37H50FN7O2/c1-5-31(36-22-37(23-36,24-36)33(46)47)44(4)34-41-29-13-14-35(2,27-11-7-6-8-12-27)16-28(29)32(42-34)40-30(26-18-39-43(3)20-26)21-45-15-9-10-25(17-38)19-45/h6-8,11-12,18,20,25,30-31H,5,9-10,13-17,19,21-24H2,1-4H3,(H,46,47)(H,40,41,42)/t25-,30+,31-,35-,36?,37?/m1/s1. The number of anilines is 2. The minimum Gasteiger partial charge on any atom is -0.481 e. The van der Waals surface area contributed by atoms with Gasteiger partial charge in [0.1, 0.15) is 5.82 Å². The lowest BCUT2D eigenvalue weighted by atomic mass is 9.33. The van der Waals surface area contributed by atoms with Gasteiger partial charge in [-0.25, -0.2) is 4.98 Å². The number of halogens is 1. The molecule has 4 fully saturated rings. The van der Waals surface area contributed by atoms with Crippen molar-refractivity contribution in [3.8, 4) is 0 Å². The molecule has 3 heterocycles. The van der Waals surface area contributed by atoms with Gasteiger partial charge in [-0.15, -0.1) is 0 Å². The van der Waals surface area contributed by atoms with Crippen LogP contribution in [-0.4, -0.2) is 75.1 Å². The van der Waals surface area contributed by atoms with Gasteiger partial charge in [-0.3, -0.25) is 13.9 Å². The third-order valence-electron chi connectivity index (χ3n) is 12.1. The Morgan fingerprint density at radius 3 is 2.64 bits per heavy atom. The summed E-state index contributed by atoms with van der Waals surface area (Å²) < 4.78 is 15.6. The number of alkyl halides is 1. The summed E-state index contributed by atoms with van der Waals surface area (Å²) in [7, 11) is 4.03. The van der Waals surface area contributed by atoms with Crippen molar-refractivity contribution in [3.05, 3.63) is 65.1 Å². The highest BCUT2D eigenvalue weighted by atomic mass is 19.1. The van der Waals surface area contributed by atoms with E-state index in [1.165, 1.54) is 5.56 Å². The lowest BCUT2D eigenvalue weighted by molar-refractivity contribution is -0.230. The first-order valence-corrected chi connectivity index (χ1v) is 17.5. The molecule has 5 aliphatic rings. The molecular formula is C37H50FN7O2. The van der Waals surface area contributed by atoms with Crippen LogP contribution < -0.4 is 10.2 Å². The van der Waals surface area contributed by atoms with E-state index in [-0.39, 0.29) is 35.5 Å². The second kappa shape index (κ2) is 12.2. The first kappa shape index (κ1) is 32.0. The minimum atomic E-state index is -0.650. The Kier molecular flexibility index (Phi) is 8.30. The number of aromatic nitrogens is 4. The van der Waals surface area contributed by atoms with Gasteiger partial charge in [0, 0.05) is 56.5 Å². The molecule has 2 aromatic heterocycles. The Balaban J connectivity index is 1.24. The van der Waals surface area contributed by atoms with Gasteiger partial charge >= 0.3 is 5.97 Å². The first-order chi connectivity index (χ1) is 22.6. The van der Waals surface area contributed by atoms with Gasteiger partial charge in [-0.1, -0.05) is 44.2 Å². The molecule has 9 nitrogen and oxygen atoms in total. The summed E-state index contributed by atoms with van der Waals surface area (Å²) in [5.74, 6) is 1.000. The van der Waals surface area contributed by atoms with E-state index in [4.69, 9.17) is 9.97 Å². The zero-order valence-corrected chi connectivity index (χ0v) is 28.4. The molecule has 252 valence electrons. The molecule has 0 radical (unpaired) electrons. The zero-order valence-electron chi connectivity index (χ0n) is 28.4. The molecule has 10 heteroatoms. The Morgan fingerprint density at radius 2 is 1.98 bits per heavy atom. The molecule has 0 spiro atoms. The van der Waals surface area contributed by atoms with E-state index >= 15 is 0 Å². The maximum absolute atomic E-state index is 13.7. The molecule has 4 aliphatic carbocycles. The summed E-state index contributed by atoms with van der Waals surface area (Å²) >= 11 is 0. The fraction of sp³-hybridized carbons (Fsp3) is 0.622. The molecule has 2 bridgehead atoms. The molecule has 2 N–H and O–H groups in total. The van der Waals surface area contributed by atoms with Gasteiger partial charge in [-0.05, 0) is 80.7 Å². The Morgan fingerprint density at radius 1 is 1.21 bits per heavy atom. The van der Waals surface area contributed by atoms with E-state index in [0.29, 0.717) is 5.95 Å². The number of aryl methyl sites for hydroxylation is 2. The van der Waals surface area contributed by atoms with Crippen molar-refractivity contribution in [2.45, 2.75) is 89.1 Å². The summed E-state index contributed by atoms with van der Waals surface area (Å²) in [5.41, 5.74) is 4.11. The molecule has 47 heavy (non-hydrogen) atoms. The van der Waals surface area contributed by atoms with Crippen molar-refractivity contribution in [1.82, 2.24) is 24.6 Å². The molecule has 1 aromatic carbocycles. The van der Waals surface area contributed by atoms with Crippen molar-refractivity contribution in [2.75, 3.05) is 43.6 Å². The third-order valence-corrected chi connectivity index (χ3v) is 12.1. The summed E-state index contributed by atoms with van der Waals surface area (Å²) in [6.45, 7) is 6.72. The monoisotopic (exact) mass is 643 g/mol. The predicted octanol–water partition coefficient (Wildman–Crippen LogP) is 5.96. The number of fused-ring (bicyclic) bond motifs is 1. The summed E-state index contributed by atoms with van der Waals surface area (Å²) in [4.78, 5) is 27.1. The van der Waals surface area contributed by atoms with Gasteiger partial charge in [0.2, 0.25) is 5.95 Å². The van der Waals surface area contributed by atoms with E-state index < -0.39 is 11.4 Å². The second-order valence-corrected chi connectivity index (χ2v) is 15.5. The number of nitrogens with zero attached hydrogens (tertiary/aromatic N) is 6. The molecule has 1 saturated heterocycles. The van der Waals surface area contributed by atoms with Gasteiger partial charge in [-0.2, -0.15) is 10.1 Å². The second-order valence-electron chi connectivity index (χ2n) is 15.5. The van der Waals surface area contributed by atoms with Crippen molar-refractivity contribution < 1.29 is 14.3 Å². The van der Waals surface area contributed by atoms with Crippen LogP contribution in [0, 0.1) is 16.7 Å². The number of carboxylic acids is 1. The van der Waals surface area contributed by atoms with Gasteiger partial charge in [0.05, 0.1) is 30.0 Å². The molecule has 8 rings (SSSR count). The van der Waals surface area contributed by atoms with Crippen LogP contribution >= 0.6 is 0 Å². The maximum Gasteiger partial charge on any atom is 0.309 e. The number of hydrogen-bond donors (Lipinski definition) is 2. The lowest BCUT2D eigenvalue weighted by Crippen LogP contribution is -2.72. The van der Waals surface area contributed by atoms with Crippen LogP contribution in [0.3, 0.4) is 0 Å². The highest BCUT2D eigenvalue weighted by Crippen LogP contribution is 2.75. The zero-order chi connectivity index (χ0) is 33.0. The van der Waals surface area contributed by atoms with Crippen LogP contribution in [0.5, 0.6) is 0 Å². The third kappa shape index (κ3) is 5.70. The number of carboxylic acid groups (broad SMARTS) is 1. The lowest BCUT2D eigenvalue weighted by Gasteiger charge is -2.71. The van der Waals surface area contributed by atoms with Gasteiger partial charge < -0.3 is 20.2 Å². The van der Waals surface area contributed by atoms with Crippen LogP contribution in [0.15, 0.2) is 42.7 Å². The van der Waals surface area contributed by atoms with Crippen molar-refractivity contribution in [2.24, 2.45) is 23.8 Å². The summed E-state index contributed by atoms with van der Waals surface area (Å²) in [5, 5.41) is 18.2. The number of likely N-dealkylation sites (tertiary alicyclic amines) is 1. The van der Waals surface area contributed by atoms with Gasteiger partial charge in [0.25, 0.3) is 0 Å². The van der Waals surface area contributed by atoms with E-state index in [0.717, 1.165) is 100 Å². The van der Waals surface area contributed by atoms with Crippen molar-refractivity contribution in [1.29, 1.82) is 0 Å². The number of carbonyl (C=O) groups is 1. The Hall–Kier alpha value is -3.53. The topological polar surface area (TPSA) is 99.4 Å². The normalized spacial score (nSPS) is 29.6. The molecule has 0 unspecified atom stereocenters. The van der Waals surface area contributed by atoms with Crippen LogP contribution in [0.1, 0.15) is 87.2 Å². The molecule has 3 saturated carbocycles. The average Bonchev–Trinajstić information content (AvgIpc) is 3.47. The average molecular weight is 644 g/mol. The van der Waals surface area contributed by atoms with Crippen molar-refractivity contribution >= 4 is 17.7 Å². The number of aliphatic carboxylic acids is 1. The molecule has 1 aliphatic heterocycles. The number of hydrogen-bond acceptors (Lipinski definition) is 7. The van der Waals surface area contributed by atoms with Crippen LogP contribution in [-0.2, 0) is 30.1 Å². The number of nitrogens with one attached hydrogen (secondary N) is 1.